The van der Waals surface area contributed by atoms with E-state index in [1.54, 1.807) is 0 Å². The molecular formula is C11H12BrN3O6S. The number of carbonyl (C=O) groups is 1. The highest BCUT2D eigenvalue weighted by atomic mass is 79.9. The summed E-state index contributed by atoms with van der Waals surface area (Å²) in [4.78, 5) is 26.8. The first-order valence-corrected chi connectivity index (χ1v) is 8.24. The fraction of sp³-hybridized carbons (Fsp3) is 0.273. The summed E-state index contributed by atoms with van der Waals surface area (Å²) < 4.78 is 26.7. The highest BCUT2D eigenvalue weighted by Crippen LogP contribution is 2.26. The van der Waals surface area contributed by atoms with Crippen LogP contribution in [-0.2, 0) is 14.8 Å². The summed E-state index contributed by atoms with van der Waals surface area (Å²) in [5.41, 5.74) is 0.135. The minimum atomic E-state index is -4.24. The number of halogens is 1. The molecule has 22 heavy (non-hydrogen) atoms. The maximum atomic E-state index is 12.3. The van der Waals surface area contributed by atoms with Crippen molar-refractivity contribution in [2.75, 3.05) is 0 Å². The topological polar surface area (TPSA) is 152 Å². The van der Waals surface area contributed by atoms with E-state index in [0.29, 0.717) is 5.52 Å². The zero-order valence-electron chi connectivity index (χ0n) is 11.1. The maximum Gasteiger partial charge on any atom is 0.324 e. The monoisotopic (exact) mass is 393 g/mol. The number of imidazole rings is 1. The summed E-state index contributed by atoms with van der Waals surface area (Å²) in [5.74, 6) is -1.51. The van der Waals surface area contributed by atoms with Gasteiger partial charge in [-0.2, -0.15) is 4.72 Å². The van der Waals surface area contributed by atoms with Crippen molar-refractivity contribution in [2.24, 2.45) is 0 Å². The summed E-state index contributed by atoms with van der Waals surface area (Å²) in [5, 5.41) is 18.3. The van der Waals surface area contributed by atoms with Gasteiger partial charge in [0.05, 0.1) is 22.0 Å². The number of aromatic amines is 2. The third-order valence-corrected chi connectivity index (χ3v) is 5.29. The molecule has 0 aliphatic heterocycles. The Balaban J connectivity index is 2.51. The van der Waals surface area contributed by atoms with Crippen LogP contribution in [0.15, 0.2) is 26.3 Å². The Morgan fingerprint density at radius 2 is 1.86 bits per heavy atom. The lowest BCUT2D eigenvalue weighted by Crippen LogP contribution is -2.47. The van der Waals surface area contributed by atoms with Crippen molar-refractivity contribution in [3.63, 3.8) is 0 Å². The van der Waals surface area contributed by atoms with E-state index in [2.05, 4.69) is 25.9 Å². The molecule has 120 valence electrons. The van der Waals surface area contributed by atoms with Gasteiger partial charge in [0.2, 0.25) is 10.0 Å². The van der Waals surface area contributed by atoms with E-state index in [4.69, 9.17) is 5.11 Å². The van der Waals surface area contributed by atoms with Crippen molar-refractivity contribution in [1.29, 1.82) is 0 Å². The quantitative estimate of drug-likeness (QED) is 0.471. The van der Waals surface area contributed by atoms with Gasteiger partial charge in [-0.15, -0.1) is 0 Å². The van der Waals surface area contributed by atoms with Gasteiger partial charge in [-0.3, -0.25) is 4.79 Å². The molecule has 9 nitrogen and oxygen atoms in total. The van der Waals surface area contributed by atoms with Crippen LogP contribution in [0.1, 0.15) is 6.92 Å². The van der Waals surface area contributed by atoms with E-state index < -0.39 is 33.8 Å². The summed E-state index contributed by atoms with van der Waals surface area (Å²) in [6.07, 6.45) is -1.43. The van der Waals surface area contributed by atoms with Crippen molar-refractivity contribution < 1.29 is 23.4 Å². The van der Waals surface area contributed by atoms with E-state index in [-0.39, 0.29) is 14.9 Å². The normalized spacial score (nSPS) is 14.9. The SMILES string of the molecule is CC(O)C(NS(=O)(=O)c1cc2[nH]c(=O)[nH]c2cc1Br)C(=O)O. The van der Waals surface area contributed by atoms with E-state index in [1.807, 2.05) is 4.72 Å². The zero-order valence-corrected chi connectivity index (χ0v) is 13.5. The number of aliphatic hydroxyl groups excluding tert-OH is 1. The second-order valence-corrected chi connectivity index (χ2v) is 7.12. The molecule has 0 fully saturated rings. The molecule has 0 saturated carbocycles. The van der Waals surface area contributed by atoms with Gasteiger partial charge in [-0.05, 0) is 35.0 Å². The Labute approximate surface area is 132 Å². The first-order valence-electron chi connectivity index (χ1n) is 5.96. The molecule has 2 atom stereocenters. The molecule has 1 aromatic carbocycles. The fourth-order valence-corrected chi connectivity index (χ4v) is 4.16. The number of H-pyrrole nitrogens is 2. The summed E-state index contributed by atoms with van der Waals surface area (Å²) in [6.45, 7) is 1.16. The number of benzene rings is 1. The molecule has 2 rings (SSSR count). The molecule has 0 amide bonds. The fourth-order valence-electron chi connectivity index (χ4n) is 1.83. The van der Waals surface area contributed by atoms with Crippen molar-refractivity contribution in [3.8, 4) is 0 Å². The molecule has 2 aromatic rings. The lowest BCUT2D eigenvalue weighted by atomic mass is 10.2. The number of aliphatic hydroxyl groups is 1. The summed E-state index contributed by atoms with van der Waals surface area (Å²) in [7, 11) is -4.24. The van der Waals surface area contributed by atoms with Crippen LogP contribution in [0.3, 0.4) is 0 Å². The third-order valence-electron chi connectivity index (χ3n) is 2.89. The lowest BCUT2D eigenvalue weighted by Gasteiger charge is -2.17. The molecule has 2 unspecified atom stereocenters. The third kappa shape index (κ3) is 3.21. The molecular weight excluding hydrogens is 382 g/mol. The number of hydrogen-bond donors (Lipinski definition) is 5. The van der Waals surface area contributed by atoms with Crippen LogP contribution in [-0.4, -0.2) is 46.7 Å². The summed E-state index contributed by atoms with van der Waals surface area (Å²) in [6, 6.07) is 0.860. The molecule has 11 heteroatoms. The van der Waals surface area contributed by atoms with Gasteiger partial charge in [0.25, 0.3) is 0 Å². The minimum absolute atomic E-state index is 0.137. The van der Waals surface area contributed by atoms with Crippen LogP contribution in [0, 0.1) is 0 Å². The van der Waals surface area contributed by atoms with E-state index in [9.17, 15) is 23.1 Å². The highest BCUT2D eigenvalue weighted by Gasteiger charge is 2.30. The van der Waals surface area contributed by atoms with Gasteiger partial charge < -0.3 is 20.2 Å². The van der Waals surface area contributed by atoms with Gasteiger partial charge in [0.1, 0.15) is 6.04 Å². The van der Waals surface area contributed by atoms with Crippen molar-refractivity contribution >= 4 is 43.0 Å². The average molecular weight is 394 g/mol. The Morgan fingerprint density at radius 3 is 2.36 bits per heavy atom. The molecule has 1 heterocycles. The molecule has 0 bridgehead atoms. The van der Waals surface area contributed by atoms with Gasteiger partial charge in [0, 0.05) is 4.47 Å². The van der Waals surface area contributed by atoms with Crippen LogP contribution in [0.5, 0.6) is 0 Å². The molecule has 0 aliphatic rings. The van der Waals surface area contributed by atoms with E-state index in [0.717, 1.165) is 6.92 Å². The Kier molecular flexibility index (Phi) is 4.42. The number of carboxylic acids is 1. The van der Waals surface area contributed by atoms with Gasteiger partial charge in [0.15, 0.2) is 0 Å². The van der Waals surface area contributed by atoms with E-state index in [1.165, 1.54) is 12.1 Å². The van der Waals surface area contributed by atoms with E-state index >= 15 is 0 Å². The highest BCUT2D eigenvalue weighted by molar-refractivity contribution is 9.10. The number of nitrogens with one attached hydrogen (secondary N) is 3. The number of fused-ring (bicyclic) bond motifs is 1. The Bertz CT molecular complexity index is 885. The molecule has 0 saturated heterocycles. The van der Waals surface area contributed by atoms with Crippen LogP contribution in [0.4, 0.5) is 0 Å². The number of carboxylic acid groups (broad SMARTS) is 1. The van der Waals surface area contributed by atoms with Crippen molar-refractivity contribution in [3.05, 3.63) is 27.1 Å². The Hall–Kier alpha value is -1.69. The predicted molar refractivity (Wildman–Crippen MR) is 80.0 cm³/mol. The van der Waals surface area contributed by atoms with Crippen LogP contribution < -0.4 is 10.4 Å². The smallest absolute Gasteiger partial charge is 0.324 e. The lowest BCUT2D eigenvalue weighted by molar-refractivity contribution is -0.141. The summed E-state index contributed by atoms with van der Waals surface area (Å²) >= 11 is 3.06. The predicted octanol–water partition coefficient (Wildman–Crippen LogP) is -0.269. The minimum Gasteiger partial charge on any atom is -0.480 e. The van der Waals surface area contributed by atoms with Gasteiger partial charge >= 0.3 is 11.7 Å². The first-order chi connectivity index (χ1) is 10.1. The van der Waals surface area contributed by atoms with Crippen molar-refractivity contribution in [1.82, 2.24) is 14.7 Å². The zero-order chi connectivity index (χ0) is 16.7. The van der Waals surface area contributed by atoms with Crippen LogP contribution >= 0.6 is 15.9 Å². The van der Waals surface area contributed by atoms with Crippen LogP contribution in [0.25, 0.3) is 11.0 Å². The van der Waals surface area contributed by atoms with Gasteiger partial charge in [-0.25, -0.2) is 13.2 Å². The number of rotatable bonds is 5. The van der Waals surface area contributed by atoms with Gasteiger partial charge in [-0.1, -0.05) is 0 Å². The number of sulfonamides is 1. The maximum absolute atomic E-state index is 12.3. The molecule has 5 N–H and O–H groups in total. The van der Waals surface area contributed by atoms with Crippen molar-refractivity contribution in [2.45, 2.75) is 24.0 Å². The standard InChI is InChI=1S/C11H12BrN3O6S/c1-4(16)9(10(17)18)15-22(20,21)8-3-7-6(2-5(8)12)13-11(19)14-7/h2-4,9,15-16H,1H3,(H,17,18)(H2,13,14,19). The average Bonchev–Trinajstić information content (AvgIpc) is 2.73. The number of aromatic nitrogens is 2. The first kappa shape index (κ1) is 16.7. The Morgan fingerprint density at radius 1 is 1.32 bits per heavy atom. The molecule has 0 radical (unpaired) electrons. The number of hydrogen-bond acceptors (Lipinski definition) is 5. The number of aliphatic carboxylic acids is 1. The largest absolute Gasteiger partial charge is 0.480 e. The molecule has 1 aromatic heterocycles. The second kappa shape index (κ2) is 5.83. The molecule has 0 spiro atoms. The molecule has 0 aliphatic carbocycles. The van der Waals surface area contributed by atoms with Crippen LogP contribution in [0.2, 0.25) is 0 Å². The second-order valence-electron chi connectivity index (χ2n) is 4.59.